The molecular weight excluding hydrogens is 236 g/mol. The highest BCUT2D eigenvalue weighted by Crippen LogP contribution is 2.32. The van der Waals surface area contributed by atoms with Gasteiger partial charge in [-0.1, -0.05) is 12.8 Å². The summed E-state index contributed by atoms with van der Waals surface area (Å²) >= 11 is 0. The summed E-state index contributed by atoms with van der Waals surface area (Å²) in [5.41, 5.74) is -0.295. The number of hydrogen-bond donors (Lipinski definition) is 1. The molecule has 1 atom stereocenters. The average Bonchev–Trinajstić information content (AvgIpc) is 3.09. The minimum Gasteiger partial charge on any atom is -0.344 e. The van der Waals surface area contributed by atoms with Gasteiger partial charge >= 0.3 is 0 Å². The van der Waals surface area contributed by atoms with E-state index >= 15 is 0 Å². The summed E-state index contributed by atoms with van der Waals surface area (Å²) in [5.74, 6) is 1.19. The summed E-state index contributed by atoms with van der Waals surface area (Å²) in [5, 5.41) is 3.39. The molecular formula is C13H25ClN2O. The van der Waals surface area contributed by atoms with Gasteiger partial charge in [-0.3, -0.25) is 4.79 Å². The van der Waals surface area contributed by atoms with Crippen LogP contribution in [-0.4, -0.2) is 36.5 Å². The Morgan fingerprint density at radius 2 is 2.12 bits per heavy atom. The Balaban J connectivity index is 0.00000144. The maximum absolute atomic E-state index is 12.3. The van der Waals surface area contributed by atoms with E-state index in [0.29, 0.717) is 0 Å². The van der Waals surface area contributed by atoms with Gasteiger partial charge in [0.1, 0.15) is 0 Å². The van der Waals surface area contributed by atoms with Crippen LogP contribution < -0.4 is 5.32 Å². The molecule has 1 aliphatic carbocycles. The molecule has 1 amide bonds. The van der Waals surface area contributed by atoms with Gasteiger partial charge in [-0.15, -0.1) is 12.4 Å². The van der Waals surface area contributed by atoms with Crippen LogP contribution in [-0.2, 0) is 4.79 Å². The highest BCUT2D eigenvalue weighted by molar-refractivity contribution is 5.86. The fourth-order valence-electron chi connectivity index (χ4n) is 2.54. The Bertz CT molecular complexity index is 260. The average molecular weight is 261 g/mol. The van der Waals surface area contributed by atoms with Gasteiger partial charge in [0.2, 0.25) is 5.91 Å². The Labute approximate surface area is 111 Å². The number of rotatable bonds is 4. The third kappa shape index (κ3) is 3.85. The molecule has 4 heteroatoms. The van der Waals surface area contributed by atoms with Crippen LogP contribution in [0.5, 0.6) is 0 Å². The van der Waals surface area contributed by atoms with Gasteiger partial charge in [-0.05, 0) is 45.1 Å². The van der Waals surface area contributed by atoms with Crippen molar-refractivity contribution >= 4 is 18.3 Å². The molecule has 1 saturated carbocycles. The fraction of sp³-hybridized carbons (Fsp3) is 0.923. The third-order valence-electron chi connectivity index (χ3n) is 4.01. The molecule has 1 N–H and O–H groups in total. The van der Waals surface area contributed by atoms with E-state index in [-0.39, 0.29) is 23.9 Å². The quantitative estimate of drug-likeness (QED) is 0.841. The molecule has 1 aliphatic heterocycles. The van der Waals surface area contributed by atoms with E-state index < -0.39 is 0 Å². The van der Waals surface area contributed by atoms with E-state index in [4.69, 9.17) is 0 Å². The van der Waals surface area contributed by atoms with Gasteiger partial charge in [0, 0.05) is 13.6 Å². The van der Waals surface area contributed by atoms with Crippen molar-refractivity contribution in [2.24, 2.45) is 5.92 Å². The van der Waals surface area contributed by atoms with Crippen LogP contribution in [0.3, 0.4) is 0 Å². The van der Waals surface area contributed by atoms with Crippen LogP contribution in [0.25, 0.3) is 0 Å². The van der Waals surface area contributed by atoms with E-state index in [1.165, 1.54) is 32.1 Å². The van der Waals surface area contributed by atoms with Crippen LogP contribution in [0.4, 0.5) is 0 Å². The second-order valence-electron chi connectivity index (χ2n) is 5.67. The summed E-state index contributed by atoms with van der Waals surface area (Å²) in [6.45, 7) is 3.97. The molecule has 0 bridgehead atoms. The predicted molar refractivity (Wildman–Crippen MR) is 72.5 cm³/mol. The number of likely N-dealkylation sites (N-methyl/N-ethyl adjacent to an activating group) is 1. The van der Waals surface area contributed by atoms with Gasteiger partial charge in [0.05, 0.1) is 5.54 Å². The van der Waals surface area contributed by atoms with E-state index in [9.17, 15) is 4.79 Å². The molecule has 1 heterocycles. The lowest BCUT2D eigenvalue weighted by molar-refractivity contribution is -0.137. The molecule has 2 aliphatic rings. The normalized spacial score (nSPS) is 28.4. The Kier molecular flexibility index (Phi) is 5.26. The van der Waals surface area contributed by atoms with Crippen LogP contribution >= 0.6 is 12.4 Å². The predicted octanol–water partition coefficient (Wildman–Crippen LogP) is 2.20. The van der Waals surface area contributed by atoms with Crippen molar-refractivity contribution in [2.45, 2.75) is 51.0 Å². The zero-order valence-corrected chi connectivity index (χ0v) is 11.8. The number of nitrogens with one attached hydrogen (secondary N) is 1. The number of halogens is 1. The van der Waals surface area contributed by atoms with Crippen molar-refractivity contribution in [1.29, 1.82) is 0 Å². The van der Waals surface area contributed by atoms with Crippen molar-refractivity contribution in [2.75, 3.05) is 20.1 Å². The lowest BCUT2D eigenvalue weighted by Gasteiger charge is -2.36. The number of piperidine rings is 1. The first-order valence-electron chi connectivity index (χ1n) is 6.62. The molecule has 0 radical (unpaired) electrons. The highest BCUT2D eigenvalue weighted by atomic mass is 35.5. The third-order valence-corrected chi connectivity index (χ3v) is 4.01. The van der Waals surface area contributed by atoms with E-state index in [1.54, 1.807) is 0 Å². The maximum Gasteiger partial charge on any atom is 0.242 e. The minimum absolute atomic E-state index is 0. The lowest BCUT2D eigenvalue weighted by atomic mass is 9.89. The van der Waals surface area contributed by atoms with E-state index in [1.807, 2.05) is 11.9 Å². The van der Waals surface area contributed by atoms with Crippen molar-refractivity contribution in [3.8, 4) is 0 Å². The molecule has 1 saturated heterocycles. The fourth-order valence-corrected chi connectivity index (χ4v) is 2.54. The topological polar surface area (TPSA) is 32.3 Å². The molecule has 0 aromatic heterocycles. The maximum atomic E-state index is 12.3. The SMILES string of the molecule is CN(CCC1CC1)C(=O)C1(C)CCCCN1.Cl. The number of carbonyl (C=O) groups is 1. The first kappa shape index (κ1) is 14.8. The molecule has 3 nitrogen and oxygen atoms in total. The molecule has 2 fully saturated rings. The molecule has 0 spiro atoms. The standard InChI is InChI=1S/C13H24N2O.ClH/c1-13(8-3-4-9-14-13)12(16)15(2)10-7-11-5-6-11;/h11,14H,3-10H2,1-2H3;1H. The molecule has 1 unspecified atom stereocenters. The van der Waals surface area contributed by atoms with Crippen molar-refractivity contribution in [3.63, 3.8) is 0 Å². The summed E-state index contributed by atoms with van der Waals surface area (Å²) in [4.78, 5) is 14.2. The molecule has 0 aromatic carbocycles. The Morgan fingerprint density at radius 1 is 1.41 bits per heavy atom. The van der Waals surface area contributed by atoms with Crippen LogP contribution in [0, 0.1) is 5.92 Å². The van der Waals surface area contributed by atoms with Crippen LogP contribution in [0.15, 0.2) is 0 Å². The lowest BCUT2D eigenvalue weighted by Crippen LogP contribution is -2.57. The second kappa shape index (κ2) is 6.05. The smallest absolute Gasteiger partial charge is 0.242 e. The minimum atomic E-state index is -0.295. The van der Waals surface area contributed by atoms with Gasteiger partial charge in [-0.25, -0.2) is 0 Å². The summed E-state index contributed by atoms with van der Waals surface area (Å²) in [7, 11) is 1.95. The van der Waals surface area contributed by atoms with Crippen molar-refractivity contribution in [3.05, 3.63) is 0 Å². The Morgan fingerprint density at radius 3 is 2.65 bits per heavy atom. The van der Waals surface area contributed by atoms with E-state index in [2.05, 4.69) is 12.2 Å². The zero-order valence-electron chi connectivity index (χ0n) is 11.0. The van der Waals surface area contributed by atoms with Gasteiger partial charge in [-0.2, -0.15) is 0 Å². The van der Waals surface area contributed by atoms with Crippen molar-refractivity contribution in [1.82, 2.24) is 10.2 Å². The summed E-state index contributed by atoms with van der Waals surface area (Å²) in [6, 6.07) is 0. The Hall–Kier alpha value is -0.280. The largest absolute Gasteiger partial charge is 0.344 e. The van der Waals surface area contributed by atoms with Crippen molar-refractivity contribution < 1.29 is 4.79 Å². The van der Waals surface area contributed by atoms with Crippen LogP contribution in [0.2, 0.25) is 0 Å². The van der Waals surface area contributed by atoms with Gasteiger partial charge in [0.15, 0.2) is 0 Å². The van der Waals surface area contributed by atoms with Crippen LogP contribution in [0.1, 0.15) is 45.4 Å². The number of carbonyl (C=O) groups excluding carboxylic acids is 1. The first-order valence-corrected chi connectivity index (χ1v) is 6.62. The number of nitrogens with zero attached hydrogens (tertiary/aromatic N) is 1. The highest BCUT2D eigenvalue weighted by Gasteiger charge is 2.36. The second-order valence-corrected chi connectivity index (χ2v) is 5.67. The molecule has 0 aromatic rings. The molecule has 2 rings (SSSR count). The van der Waals surface area contributed by atoms with Gasteiger partial charge in [0.25, 0.3) is 0 Å². The number of amides is 1. The summed E-state index contributed by atoms with van der Waals surface area (Å²) < 4.78 is 0. The first-order chi connectivity index (χ1) is 7.62. The van der Waals surface area contributed by atoms with Gasteiger partial charge < -0.3 is 10.2 Å². The number of hydrogen-bond acceptors (Lipinski definition) is 2. The zero-order chi connectivity index (χ0) is 11.6. The monoisotopic (exact) mass is 260 g/mol. The van der Waals surface area contributed by atoms with E-state index in [0.717, 1.165) is 25.4 Å². The molecule has 100 valence electrons. The molecule has 17 heavy (non-hydrogen) atoms. The summed E-state index contributed by atoms with van der Waals surface area (Å²) in [6.07, 6.45) is 7.30.